The van der Waals surface area contributed by atoms with E-state index in [0.717, 1.165) is 5.56 Å². The van der Waals surface area contributed by atoms with Crippen molar-refractivity contribution in [1.29, 1.82) is 0 Å². The number of halogens is 2. The zero-order valence-electron chi connectivity index (χ0n) is 13.5. The predicted molar refractivity (Wildman–Crippen MR) is 83.5 cm³/mol. The van der Waals surface area contributed by atoms with E-state index in [9.17, 15) is 9.18 Å². The summed E-state index contributed by atoms with van der Waals surface area (Å²) in [6.45, 7) is 1.90. The average molecular weight is 404 g/mol. The second kappa shape index (κ2) is 7.50. The molecule has 3 aromatic rings. The van der Waals surface area contributed by atoms with Gasteiger partial charge < -0.3 is 6.53 Å². The zero-order chi connectivity index (χ0) is 15.9. The van der Waals surface area contributed by atoms with Gasteiger partial charge in [-0.2, -0.15) is 5.10 Å². The van der Waals surface area contributed by atoms with Crippen LogP contribution in [0.25, 0.3) is 16.9 Å². The number of carbonyl (C=O) groups is 1. The van der Waals surface area contributed by atoms with Gasteiger partial charge in [-0.3, -0.25) is 0 Å². The van der Waals surface area contributed by atoms with Gasteiger partial charge >= 0.3 is 57.4 Å². The summed E-state index contributed by atoms with van der Waals surface area (Å²) in [5.74, 6) is -1.52. The Morgan fingerprint density at radius 3 is 2.78 bits per heavy atom. The van der Waals surface area contributed by atoms with Crippen LogP contribution in [0.15, 0.2) is 34.9 Å². The standard InChI is InChI=1S/C15H11BrFN3O2.K.H/c1-2-8-5-12(15(21)22)19-20-7-13(18-14(8)20)10-4-3-9(16)6-11(10)17;;/h3-7H,2H2,1H3,(H,21,22);;/q;+1;-1. The van der Waals surface area contributed by atoms with E-state index in [0.29, 0.717) is 27.8 Å². The average Bonchev–Trinajstić information content (AvgIpc) is 2.89. The van der Waals surface area contributed by atoms with E-state index in [4.69, 9.17) is 5.11 Å². The van der Waals surface area contributed by atoms with Gasteiger partial charge in [0.1, 0.15) is 5.82 Å². The van der Waals surface area contributed by atoms with Crippen LogP contribution >= 0.6 is 15.9 Å². The fraction of sp³-hybridized carbons (Fsp3) is 0.133. The summed E-state index contributed by atoms with van der Waals surface area (Å²) in [7, 11) is 0. The number of carboxylic acid groups (broad SMARTS) is 1. The Balaban J connectivity index is 0.00000144. The number of benzene rings is 1. The Morgan fingerprint density at radius 2 is 2.17 bits per heavy atom. The molecule has 0 saturated heterocycles. The molecule has 8 heteroatoms. The van der Waals surface area contributed by atoms with Crippen LogP contribution in [0.2, 0.25) is 0 Å². The normalized spacial score (nSPS) is 10.6. The maximum absolute atomic E-state index is 14.1. The molecule has 0 aliphatic carbocycles. The molecule has 1 aromatic carbocycles. The van der Waals surface area contributed by atoms with Crippen molar-refractivity contribution >= 4 is 27.5 Å². The molecule has 0 fully saturated rings. The van der Waals surface area contributed by atoms with Crippen LogP contribution in [-0.2, 0) is 6.42 Å². The summed E-state index contributed by atoms with van der Waals surface area (Å²) in [4.78, 5) is 15.5. The van der Waals surface area contributed by atoms with Gasteiger partial charge in [-0.15, -0.1) is 0 Å². The van der Waals surface area contributed by atoms with Crippen molar-refractivity contribution in [2.24, 2.45) is 0 Å². The van der Waals surface area contributed by atoms with E-state index in [1.54, 1.807) is 12.1 Å². The second-order valence-electron chi connectivity index (χ2n) is 4.73. The third kappa shape index (κ3) is 3.72. The molecule has 23 heavy (non-hydrogen) atoms. The Labute approximate surface area is 184 Å². The number of hydrogen-bond acceptors (Lipinski definition) is 3. The Kier molecular flexibility index (Phi) is 6.09. The minimum absolute atomic E-state index is 0. The first kappa shape index (κ1) is 18.7. The third-order valence-electron chi connectivity index (χ3n) is 3.31. The maximum atomic E-state index is 14.1. The van der Waals surface area contributed by atoms with Gasteiger partial charge in [0.25, 0.3) is 0 Å². The van der Waals surface area contributed by atoms with Crippen molar-refractivity contribution in [3.63, 3.8) is 0 Å². The number of aryl methyl sites for hydroxylation is 1. The molecule has 0 aliphatic heterocycles. The van der Waals surface area contributed by atoms with Crippen molar-refractivity contribution in [3.05, 3.63) is 52.0 Å². The van der Waals surface area contributed by atoms with Gasteiger partial charge in [-0.25, -0.2) is 18.7 Å². The van der Waals surface area contributed by atoms with Crippen molar-refractivity contribution in [3.8, 4) is 11.3 Å². The van der Waals surface area contributed by atoms with E-state index < -0.39 is 11.8 Å². The predicted octanol–water partition coefficient (Wildman–Crippen LogP) is 0.675. The summed E-state index contributed by atoms with van der Waals surface area (Å²) >= 11 is 3.21. The smallest absolute Gasteiger partial charge is 1.00 e. The van der Waals surface area contributed by atoms with Gasteiger partial charge in [-0.05, 0) is 36.2 Å². The number of imidazole rings is 1. The summed E-state index contributed by atoms with van der Waals surface area (Å²) in [5, 5.41) is 13.1. The number of rotatable bonds is 3. The molecule has 2 heterocycles. The number of nitrogens with zero attached hydrogens (tertiary/aromatic N) is 3. The summed E-state index contributed by atoms with van der Waals surface area (Å²) in [6, 6.07) is 6.19. The minimum Gasteiger partial charge on any atom is -1.00 e. The Bertz CT molecular complexity index is 904. The molecular formula is C15H12BrFKN3O2. The van der Waals surface area contributed by atoms with Crippen LogP contribution in [0.3, 0.4) is 0 Å². The Morgan fingerprint density at radius 1 is 1.43 bits per heavy atom. The first-order chi connectivity index (χ1) is 10.5. The molecule has 3 rings (SSSR count). The molecule has 1 N–H and O–H groups in total. The molecule has 0 aliphatic rings. The number of hydrogen-bond donors (Lipinski definition) is 1. The van der Waals surface area contributed by atoms with E-state index in [-0.39, 0.29) is 58.5 Å². The molecule has 0 bridgehead atoms. The molecule has 5 nitrogen and oxygen atoms in total. The fourth-order valence-electron chi connectivity index (χ4n) is 2.23. The SMILES string of the molecule is CCc1cc(C(=O)O)nn2cc(-c3ccc(Br)cc3F)nc12.[H-].[K+]. The fourth-order valence-corrected chi connectivity index (χ4v) is 2.57. The molecule has 0 unspecified atom stereocenters. The van der Waals surface area contributed by atoms with Crippen molar-refractivity contribution in [2.75, 3.05) is 0 Å². The largest absolute Gasteiger partial charge is 1.00 e. The van der Waals surface area contributed by atoms with Crippen molar-refractivity contribution in [1.82, 2.24) is 14.6 Å². The topological polar surface area (TPSA) is 67.5 Å². The molecule has 0 radical (unpaired) electrons. The van der Waals surface area contributed by atoms with E-state index in [1.165, 1.54) is 22.8 Å². The first-order valence-electron chi connectivity index (χ1n) is 6.57. The molecule has 114 valence electrons. The molecule has 2 aromatic heterocycles. The summed E-state index contributed by atoms with van der Waals surface area (Å²) in [6.07, 6.45) is 2.14. The van der Waals surface area contributed by atoms with Crippen LogP contribution in [0.4, 0.5) is 4.39 Å². The van der Waals surface area contributed by atoms with Crippen LogP contribution < -0.4 is 51.4 Å². The van der Waals surface area contributed by atoms with E-state index >= 15 is 0 Å². The number of aromatic carboxylic acids is 1. The van der Waals surface area contributed by atoms with Crippen LogP contribution in [-0.4, -0.2) is 25.7 Å². The molecular weight excluding hydrogens is 392 g/mol. The summed E-state index contributed by atoms with van der Waals surface area (Å²) in [5.41, 5.74) is 1.97. The molecule has 0 saturated carbocycles. The van der Waals surface area contributed by atoms with Crippen molar-refractivity contribution < 1.29 is 67.1 Å². The zero-order valence-corrected chi connectivity index (χ0v) is 17.3. The maximum Gasteiger partial charge on any atom is 1.00 e. The molecule has 0 amide bonds. The number of carboxylic acids is 1. The first-order valence-corrected chi connectivity index (χ1v) is 7.37. The van der Waals surface area contributed by atoms with E-state index in [1.807, 2.05) is 6.92 Å². The van der Waals surface area contributed by atoms with Gasteiger partial charge in [-0.1, -0.05) is 22.9 Å². The van der Waals surface area contributed by atoms with Gasteiger partial charge in [0.05, 0.1) is 11.9 Å². The molecule has 0 spiro atoms. The summed E-state index contributed by atoms with van der Waals surface area (Å²) < 4.78 is 16.1. The monoisotopic (exact) mass is 403 g/mol. The van der Waals surface area contributed by atoms with Crippen LogP contribution in [0, 0.1) is 5.82 Å². The Hall–Kier alpha value is -0.644. The second-order valence-corrected chi connectivity index (χ2v) is 5.65. The third-order valence-corrected chi connectivity index (χ3v) is 3.80. The number of fused-ring (bicyclic) bond motifs is 1. The van der Waals surface area contributed by atoms with Gasteiger partial charge in [0, 0.05) is 10.0 Å². The van der Waals surface area contributed by atoms with Gasteiger partial charge in [0.15, 0.2) is 11.3 Å². The van der Waals surface area contributed by atoms with E-state index in [2.05, 4.69) is 26.0 Å². The molecule has 0 atom stereocenters. The minimum atomic E-state index is -1.11. The quantitative estimate of drug-likeness (QED) is 0.652. The number of aromatic nitrogens is 3. The van der Waals surface area contributed by atoms with Crippen molar-refractivity contribution in [2.45, 2.75) is 13.3 Å². The van der Waals surface area contributed by atoms with Crippen LogP contribution in [0.1, 0.15) is 24.4 Å². The van der Waals surface area contributed by atoms with Crippen LogP contribution in [0.5, 0.6) is 0 Å². The van der Waals surface area contributed by atoms with Gasteiger partial charge in [0.2, 0.25) is 0 Å².